The number of rotatable bonds is 10. The van der Waals surface area contributed by atoms with E-state index < -0.39 is 23.1 Å². The van der Waals surface area contributed by atoms with E-state index in [0.717, 1.165) is 29.2 Å². The van der Waals surface area contributed by atoms with E-state index in [1.807, 2.05) is 31.2 Å². The van der Waals surface area contributed by atoms with E-state index in [9.17, 15) is 18.7 Å². The van der Waals surface area contributed by atoms with Crippen molar-refractivity contribution in [1.82, 2.24) is 20.2 Å². The van der Waals surface area contributed by atoms with Crippen LogP contribution in [0.1, 0.15) is 54.3 Å². The van der Waals surface area contributed by atoms with Crippen LogP contribution >= 0.6 is 0 Å². The molecule has 2 aromatic carbocycles. The summed E-state index contributed by atoms with van der Waals surface area (Å²) in [5.41, 5.74) is 2.41. The molecule has 8 nitrogen and oxygen atoms in total. The summed E-state index contributed by atoms with van der Waals surface area (Å²) in [5, 5.41) is 20.3. The lowest BCUT2D eigenvalue weighted by Gasteiger charge is -2.17. The first-order chi connectivity index (χ1) is 18.1. The lowest BCUT2D eigenvalue weighted by atomic mass is 10.0. The Hall–Kier alpha value is -4.18. The van der Waals surface area contributed by atoms with Crippen LogP contribution < -0.4 is 10.1 Å². The summed E-state index contributed by atoms with van der Waals surface area (Å²) in [4.78, 5) is 19.7. The number of anilines is 1. The highest BCUT2D eigenvalue weighted by Crippen LogP contribution is 2.29. The molecule has 38 heavy (non-hydrogen) atoms. The van der Waals surface area contributed by atoms with Gasteiger partial charge in [0.15, 0.2) is 0 Å². The molecule has 2 heterocycles. The van der Waals surface area contributed by atoms with Gasteiger partial charge in [0, 0.05) is 18.7 Å². The number of carbonyl (C=O) groups is 1. The van der Waals surface area contributed by atoms with Gasteiger partial charge >= 0.3 is 0 Å². The van der Waals surface area contributed by atoms with Crippen molar-refractivity contribution in [1.29, 1.82) is 0 Å². The first kappa shape index (κ1) is 26.9. The van der Waals surface area contributed by atoms with E-state index >= 15 is 0 Å². The average molecular weight is 522 g/mol. The molecular weight excluding hydrogens is 492 g/mol. The molecule has 0 bridgehead atoms. The molecule has 198 valence electrons. The van der Waals surface area contributed by atoms with Crippen LogP contribution in [0.3, 0.4) is 0 Å². The second kappa shape index (κ2) is 11.5. The quantitative estimate of drug-likeness (QED) is 0.247. The molecule has 2 aromatic heterocycles. The number of ether oxygens (including phenoxy) is 1. The molecule has 0 aliphatic carbocycles. The number of nitrogens with one attached hydrogen (secondary N) is 2. The lowest BCUT2D eigenvalue weighted by Crippen LogP contribution is -2.19. The highest BCUT2D eigenvalue weighted by atomic mass is 19.1. The van der Waals surface area contributed by atoms with Gasteiger partial charge in [-0.15, -0.1) is 10.2 Å². The third kappa shape index (κ3) is 7.42. The van der Waals surface area contributed by atoms with Gasteiger partial charge in [0.1, 0.15) is 29.0 Å². The number of nitrogens with zero attached hydrogens (tertiary/aromatic N) is 3. The molecule has 0 aliphatic rings. The fraction of sp³-hybridized carbons (Fsp3) is 0.286. The Morgan fingerprint density at radius 2 is 1.84 bits per heavy atom. The first-order valence-corrected chi connectivity index (χ1v) is 12.2. The molecule has 4 rings (SSSR count). The van der Waals surface area contributed by atoms with Crippen molar-refractivity contribution >= 4 is 11.7 Å². The molecule has 0 aliphatic heterocycles. The molecule has 4 aromatic rings. The summed E-state index contributed by atoms with van der Waals surface area (Å²) in [6.45, 7) is 6.00. The van der Waals surface area contributed by atoms with Crippen LogP contribution in [0.2, 0.25) is 0 Å². The second-order valence-electron chi connectivity index (χ2n) is 9.70. The van der Waals surface area contributed by atoms with Crippen LogP contribution in [-0.4, -0.2) is 43.4 Å². The van der Waals surface area contributed by atoms with Gasteiger partial charge in [0.25, 0.3) is 5.91 Å². The molecule has 0 saturated heterocycles. The third-order valence-electron chi connectivity index (χ3n) is 5.77. The standard InChI is InChI=1S/C28H29F2N5O3/c1-17-5-6-22(38-10-4-8-28(2,3)37)16-23(17)19-7-9-31-24(14-19)33-27(36)26-32-25(34-35-26)13-18-11-20(29)15-21(30)12-18/h5-7,9,11-12,14-16,37H,4,8,10,13H2,1-3H3,(H,31,33,36)(H,32,34,35). The largest absolute Gasteiger partial charge is 0.494 e. The Balaban J connectivity index is 1.42. The van der Waals surface area contributed by atoms with Crippen LogP contribution in [0.25, 0.3) is 11.1 Å². The molecule has 0 fully saturated rings. The van der Waals surface area contributed by atoms with E-state index in [0.29, 0.717) is 30.2 Å². The number of carbonyl (C=O) groups excluding carboxylic acids is 1. The van der Waals surface area contributed by atoms with E-state index in [4.69, 9.17) is 4.74 Å². The van der Waals surface area contributed by atoms with Crippen LogP contribution in [0.15, 0.2) is 54.7 Å². The number of hydrogen-bond acceptors (Lipinski definition) is 6. The van der Waals surface area contributed by atoms with Gasteiger partial charge in [0.05, 0.1) is 12.2 Å². The number of hydrogen-bond donors (Lipinski definition) is 3. The summed E-state index contributed by atoms with van der Waals surface area (Å²) < 4.78 is 32.8. The fourth-order valence-electron chi connectivity index (χ4n) is 3.92. The van der Waals surface area contributed by atoms with Gasteiger partial charge in [-0.05, 0) is 92.3 Å². The first-order valence-electron chi connectivity index (χ1n) is 12.2. The monoisotopic (exact) mass is 521 g/mol. The molecule has 10 heteroatoms. The zero-order valence-electron chi connectivity index (χ0n) is 21.4. The second-order valence-corrected chi connectivity index (χ2v) is 9.70. The number of amides is 1. The Bertz CT molecular complexity index is 1410. The van der Waals surface area contributed by atoms with Crippen LogP contribution in [0.4, 0.5) is 14.6 Å². The zero-order valence-corrected chi connectivity index (χ0v) is 21.4. The number of aromatic nitrogens is 4. The molecule has 1 amide bonds. The number of aliphatic hydroxyl groups is 1. The predicted molar refractivity (Wildman–Crippen MR) is 139 cm³/mol. The fourth-order valence-corrected chi connectivity index (χ4v) is 3.92. The Morgan fingerprint density at radius 1 is 1.08 bits per heavy atom. The summed E-state index contributed by atoms with van der Waals surface area (Å²) in [6, 6.07) is 12.5. The van der Waals surface area contributed by atoms with Crippen molar-refractivity contribution in [2.45, 2.75) is 45.6 Å². The van der Waals surface area contributed by atoms with Crippen molar-refractivity contribution in [3.63, 3.8) is 0 Å². The van der Waals surface area contributed by atoms with Crippen molar-refractivity contribution < 1.29 is 23.4 Å². The molecule has 0 unspecified atom stereocenters. The van der Waals surface area contributed by atoms with E-state index in [1.54, 1.807) is 26.1 Å². The minimum absolute atomic E-state index is 0.0540. The molecule has 0 saturated carbocycles. The van der Waals surface area contributed by atoms with Gasteiger partial charge in [-0.1, -0.05) is 6.07 Å². The van der Waals surface area contributed by atoms with Gasteiger partial charge in [-0.3, -0.25) is 4.79 Å². The van der Waals surface area contributed by atoms with E-state index in [-0.39, 0.29) is 18.1 Å². The number of aromatic amines is 1. The van der Waals surface area contributed by atoms with Crippen molar-refractivity contribution in [2.75, 3.05) is 11.9 Å². The highest BCUT2D eigenvalue weighted by Gasteiger charge is 2.15. The topological polar surface area (TPSA) is 113 Å². The van der Waals surface area contributed by atoms with Crippen LogP contribution in [0, 0.1) is 18.6 Å². The Labute approximate surface area is 219 Å². The normalized spacial score (nSPS) is 11.4. The summed E-state index contributed by atoms with van der Waals surface area (Å²) in [7, 11) is 0. The summed E-state index contributed by atoms with van der Waals surface area (Å²) >= 11 is 0. The number of halogens is 2. The number of benzene rings is 2. The van der Waals surface area contributed by atoms with Crippen molar-refractivity contribution in [3.8, 4) is 16.9 Å². The maximum atomic E-state index is 13.4. The molecule has 0 radical (unpaired) electrons. The number of pyridine rings is 1. The van der Waals surface area contributed by atoms with E-state index in [2.05, 4.69) is 25.5 Å². The van der Waals surface area contributed by atoms with Crippen molar-refractivity contribution in [2.24, 2.45) is 0 Å². The highest BCUT2D eigenvalue weighted by molar-refractivity contribution is 6.01. The minimum atomic E-state index is -0.729. The maximum Gasteiger partial charge on any atom is 0.294 e. The summed E-state index contributed by atoms with van der Waals surface area (Å²) in [5.74, 6) is -0.689. The SMILES string of the molecule is Cc1ccc(OCCCC(C)(C)O)cc1-c1ccnc(NC(=O)c2nnc(Cc3cc(F)cc(F)c3)[nH]2)c1. The molecule has 0 atom stereocenters. The molecule has 3 N–H and O–H groups in total. The van der Waals surface area contributed by atoms with Crippen molar-refractivity contribution in [3.05, 3.63) is 89.1 Å². The Kier molecular flexibility index (Phi) is 8.11. The van der Waals surface area contributed by atoms with Crippen LogP contribution in [-0.2, 0) is 6.42 Å². The van der Waals surface area contributed by atoms with E-state index in [1.165, 1.54) is 12.1 Å². The minimum Gasteiger partial charge on any atom is -0.494 e. The smallest absolute Gasteiger partial charge is 0.294 e. The van der Waals surface area contributed by atoms with Gasteiger partial charge in [0.2, 0.25) is 5.82 Å². The third-order valence-corrected chi connectivity index (χ3v) is 5.77. The Morgan fingerprint density at radius 3 is 2.58 bits per heavy atom. The zero-order chi connectivity index (χ0) is 27.3. The number of aryl methyl sites for hydroxylation is 1. The van der Waals surface area contributed by atoms with Crippen LogP contribution in [0.5, 0.6) is 5.75 Å². The predicted octanol–water partition coefficient (Wildman–Crippen LogP) is 5.23. The molecular formula is C28H29F2N5O3. The summed E-state index contributed by atoms with van der Waals surface area (Å²) in [6.07, 6.45) is 3.03. The number of H-pyrrole nitrogens is 1. The maximum absolute atomic E-state index is 13.4. The van der Waals surface area contributed by atoms with Gasteiger partial charge in [-0.25, -0.2) is 13.8 Å². The van der Waals surface area contributed by atoms with Gasteiger partial charge in [-0.2, -0.15) is 0 Å². The molecule has 0 spiro atoms. The average Bonchev–Trinajstić information content (AvgIpc) is 3.30. The van der Waals surface area contributed by atoms with Gasteiger partial charge < -0.3 is 20.1 Å². The lowest BCUT2D eigenvalue weighted by molar-refractivity contribution is 0.0641.